The standard InChI is InChI=1S/C19H23N3O5/c1-2-12-5-3-4-6-15(12)22-10-13(9-17(22)24)18(25)27-11-16(23)21-19(26)20-14-7-8-14/h3-6,13-14H,2,7-11H2,1H3,(H2,20,21,23,26)/t13-/m1/s1. The molecule has 2 aliphatic rings. The van der Waals surface area contributed by atoms with Crippen LogP contribution in [0.3, 0.4) is 0 Å². The first kappa shape index (κ1) is 18.9. The van der Waals surface area contributed by atoms with E-state index in [-0.39, 0.29) is 24.9 Å². The van der Waals surface area contributed by atoms with Gasteiger partial charge in [-0.25, -0.2) is 4.79 Å². The van der Waals surface area contributed by atoms with Gasteiger partial charge in [0.1, 0.15) is 0 Å². The molecule has 0 radical (unpaired) electrons. The van der Waals surface area contributed by atoms with Crippen LogP contribution in [0.5, 0.6) is 0 Å². The van der Waals surface area contributed by atoms with E-state index in [1.165, 1.54) is 0 Å². The van der Waals surface area contributed by atoms with Gasteiger partial charge in [-0.15, -0.1) is 0 Å². The average molecular weight is 373 g/mol. The molecule has 1 heterocycles. The van der Waals surface area contributed by atoms with E-state index in [4.69, 9.17) is 4.74 Å². The number of benzene rings is 1. The number of para-hydroxylation sites is 1. The Morgan fingerprint density at radius 3 is 2.67 bits per heavy atom. The molecule has 2 fully saturated rings. The number of ether oxygens (including phenoxy) is 1. The molecule has 144 valence electrons. The molecule has 8 heteroatoms. The van der Waals surface area contributed by atoms with E-state index in [1.807, 2.05) is 31.2 Å². The summed E-state index contributed by atoms with van der Waals surface area (Å²) >= 11 is 0. The zero-order valence-electron chi connectivity index (χ0n) is 15.2. The van der Waals surface area contributed by atoms with Crippen molar-refractivity contribution in [2.45, 2.75) is 38.6 Å². The zero-order chi connectivity index (χ0) is 19.4. The lowest BCUT2D eigenvalue weighted by Crippen LogP contribution is -2.42. The fourth-order valence-electron chi connectivity index (χ4n) is 3.04. The zero-order valence-corrected chi connectivity index (χ0v) is 15.2. The number of carbonyl (C=O) groups excluding carboxylic acids is 4. The van der Waals surface area contributed by atoms with Gasteiger partial charge in [-0.3, -0.25) is 19.7 Å². The van der Waals surface area contributed by atoms with Crippen LogP contribution in [0.1, 0.15) is 31.7 Å². The Morgan fingerprint density at radius 2 is 1.96 bits per heavy atom. The van der Waals surface area contributed by atoms with Crippen molar-refractivity contribution in [1.82, 2.24) is 10.6 Å². The Hall–Kier alpha value is -2.90. The molecule has 1 aromatic carbocycles. The maximum atomic E-state index is 12.3. The predicted octanol–water partition coefficient (Wildman–Crippen LogP) is 1.13. The van der Waals surface area contributed by atoms with Crippen LogP contribution in [0.15, 0.2) is 24.3 Å². The van der Waals surface area contributed by atoms with E-state index >= 15 is 0 Å². The summed E-state index contributed by atoms with van der Waals surface area (Å²) in [6, 6.07) is 7.11. The molecule has 0 unspecified atom stereocenters. The molecule has 4 amide bonds. The Morgan fingerprint density at radius 1 is 1.22 bits per heavy atom. The molecule has 8 nitrogen and oxygen atoms in total. The molecule has 1 aliphatic carbocycles. The third-order valence-corrected chi connectivity index (χ3v) is 4.63. The van der Waals surface area contributed by atoms with E-state index in [0.29, 0.717) is 0 Å². The Balaban J connectivity index is 1.50. The highest BCUT2D eigenvalue weighted by molar-refractivity contribution is 6.00. The van der Waals surface area contributed by atoms with Crippen molar-refractivity contribution in [3.63, 3.8) is 0 Å². The van der Waals surface area contributed by atoms with Gasteiger partial charge in [-0.2, -0.15) is 0 Å². The predicted molar refractivity (Wildman–Crippen MR) is 96.9 cm³/mol. The van der Waals surface area contributed by atoms with Crippen LogP contribution >= 0.6 is 0 Å². The second-order valence-electron chi connectivity index (χ2n) is 6.79. The van der Waals surface area contributed by atoms with Gasteiger partial charge in [-0.1, -0.05) is 25.1 Å². The lowest BCUT2D eigenvalue weighted by atomic mass is 10.1. The normalized spacial score (nSPS) is 18.9. The first-order valence-corrected chi connectivity index (χ1v) is 9.13. The minimum atomic E-state index is -0.695. The molecule has 0 bridgehead atoms. The summed E-state index contributed by atoms with van der Waals surface area (Å²) in [6.07, 6.45) is 2.63. The molecule has 3 rings (SSSR count). The SMILES string of the molecule is CCc1ccccc1N1C[C@H](C(=O)OCC(=O)NC(=O)NC2CC2)CC1=O. The number of rotatable bonds is 6. The molecular weight excluding hydrogens is 350 g/mol. The van der Waals surface area contributed by atoms with Gasteiger partial charge in [0.05, 0.1) is 5.92 Å². The second-order valence-corrected chi connectivity index (χ2v) is 6.79. The van der Waals surface area contributed by atoms with Crippen LogP contribution in [-0.2, 0) is 25.5 Å². The number of aryl methyl sites for hydroxylation is 1. The van der Waals surface area contributed by atoms with E-state index in [2.05, 4.69) is 10.6 Å². The maximum Gasteiger partial charge on any atom is 0.321 e. The summed E-state index contributed by atoms with van der Waals surface area (Å²) < 4.78 is 4.99. The minimum absolute atomic E-state index is 0.0423. The van der Waals surface area contributed by atoms with Crippen molar-refractivity contribution in [1.29, 1.82) is 0 Å². The Kier molecular flexibility index (Phi) is 5.73. The van der Waals surface area contributed by atoms with Crippen LogP contribution in [0.25, 0.3) is 0 Å². The van der Waals surface area contributed by atoms with Crippen LogP contribution in [-0.4, -0.2) is 43.0 Å². The first-order valence-electron chi connectivity index (χ1n) is 9.13. The highest BCUT2D eigenvalue weighted by Crippen LogP contribution is 2.29. The van der Waals surface area contributed by atoms with E-state index < -0.39 is 30.4 Å². The van der Waals surface area contributed by atoms with Crippen LogP contribution in [0, 0.1) is 5.92 Å². The van der Waals surface area contributed by atoms with Crippen molar-refractivity contribution < 1.29 is 23.9 Å². The fourth-order valence-corrected chi connectivity index (χ4v) is 3.04. The lowest BCUT2D eigenvalue weighted by molar-refractivity contribution is -0.152. The molecule has 0 spiro atoms. The van der Waals surface area contributed by atoms with Gasteiger partial charge in [-0.05, 0) is 30.9 Å². The Bertz CT molecular complexity index is 759. The quantitative estimate of drug-likeness (QED) is 0.728. The highest BCUT2D eigenvalue weighted by atomic mass is 16.5. The van der Waals surface area contributed by atoms with Crippen molar-refractivity contribution in [3.05, 3.63) is 29.8 Å². The van der Waals surface area contributed by atoms with Gasteiger partial charge in [0.2, 0.25) is 5.91 Å². The van der Waals surface area contributed by atoms with Gasteiger partial charge in [0.25, 0.3) is 5.91 Å². The van der Waals surface area contributed by atoms with E-state index in [0.717, 1.165) is 30.5 Å². The number of anilines is 1. The minimum Gasteiger partial charge on any atom is -0.455 e. The summed E-state index contributed by atoms with van der Waals surface area (Å²) in [5, 5.41) is 4.72. The third kappa shape index (κ3) is 4.84. The number of urea groups is 1. The summed E-state index contributed by atoms with van der Waals surface area (Å²) in [4.78, 5) is 49.3. The van der Waals surface area contributed by atoms with E-state index in [1.54, 1.807) is 4.90 Å². The number of amides is 4. The number of nitrogens with one attached hydrogen (secondary N) is 2. The number of carbonyl (C=O) groups is 4. The highest BCUT2D eigenvalue weighted by Gasteiger charge is 2.37. The van der Waals surface area contributed by atoms with Gasteiger partial charge in [0.15, 0.2) is 6.61 Å². The summed E-state index contributed by atoms with van der Waals surface area (Å²) in [5.74, 6) is -2.08. The molecule has 1 saturated carbocycles. The second kappa shape index (κ2) is 8.20. The monoisotopic (exact) mass is 373 g/mol. The molecule has 27 heavy (non-hydrogen) atoms. The number of hydrogen-bond acceptors (Lipinski definition) is 5. The van der Waals surface area contributed by atoms with Crippen LogP contribution < -0.4 is 15.5 Å². The van der Waals surface area contributed by atoms with Crippen molar-refractivity contribution in [2.75, 3.05) is 18.1 Å². The summed E-state index contributed by atoms with van der Waals surface area (Å²) in [5.41, 5.74) is 1.83. The van der Waals surface area contributed by atoms with Crippen LogP contribution in [0.4, 0.5) is 10.5 Å². The topological polar surface area (TPSA) is 105 Å². The molecule has 1 aliphatic heterocycles. The van der Waals surface area contributed by atoms with E-state index in [9.17, 15) is 19.2 Å². The number of imide groups is 1. The van der Waals surface area contributed by atoms with Gasteiger partial charge < -0.3 is 15.0 Å². The Labute approximate surface area is 157 Å². The van der Waals surface area contributed by atoms with Crippen molar-refractivity contribution >= 4 is 29.5 Å². The van der Waals surface area contributed by atoms with Crippen LogP contribution in [0.2, 0.25) is 0 Å². The molecule has 2 N–H and O–H groups in total. The summed E-state index contributed by atoms with van der Waals surface area (Å²) in [6.45, 7) is 1.68. The smallest absolute Gasteiger partial charge is 0.321 e. The fraction of sp³-hybridized carbons (Fsp3) is 0.474. The molecular formula is C19H23N3O5. The van der Waals surface area contributed by atoms with Gasteiger partial charge >= 0.3 is 12.0 Å². The van der Waals surface area contributed by atoms with Gasteiger partial charge in [0, 0.05) is 24.7 Å². The summed E-state index contributed by atoms with van der Waals surface area (Å²) in [7, 11) is 0. The number of hydrogen-bond donors (Lipinski definition) is 2. The maximum absolute atomic E-state index is 12.3. The molecule has 0 aromatic heterocycles. The third-order valence-electron chi connectivity index (χ3n) is 4.63. The largest absolute Gasteiger partial charge is 0.455 e. The number of nitrogens with zero attached hydrogens (tertiary/aromatic N) is 1. The average Bonchev–Trinajstić information content (AvgIpc) is 3.38. The molecule has 1 atom stereocenters. The first-order chi connectivity index (χ1) is 13.0. The lowest BCUT2D eigenvalue weighted by Gasteiger charge is -2.19. The van der Waals surface area contributed by atoms with Crippen molar-refractivity contribution in [2.24, 2.45) is 5.92 Å². The molecule has 1 saturated heterocycles. The van der Waals surface area contributed by atoms with Crippen molar-refractivity contribution in [3.8, 4) is 0 Å². The molecule has 1 aromatic rings. The number of esters is 1.